The molecule has 1 heterocycles. The molecule has 6 nitrogen and oxygen atoms in total. The second kappa shape index (κ2) is 5.01. The first-order valence-corrected chi connectivity index (χ1v) is 6.15. The van der Waals surface area contributed by atoms with Crippen LogP contribution in [0.2, 0.25) is 0 Å². The number of hydrogen-bond donors (Lipinski definition) is 2. The molecule has 0 aliphatic heterocycles. The fraction of sp³-hybridized carbons (Fsp3) is 0.818. The van der Waals surface area contributed by atoms with Crippen LogP contribution in [0.4, 0.5) is 6.01 Å². The highest BCUT2D eigenvalue weighted by molar-refractivity contribution is 5.18. The van der Waals surface area contributed by atoms with Gasteiger partial charge in [-0.05, 0) is 32.1 Å². The van der Waals surface area contributed by atoms with Crippen molar-refractivity contribution in [1.82, 2.24) is 10.1 Å². The highest BCUT2D eigenvalue weighted by Gasteiger charge is 2.41. The van der Waals surface area contributed by atoms with Crippen molar-refractivity contribution in [3.8, 4) is 0 Å². The van der Waals surface area contributed by atoms with Crippen molar-refractivity contribution in [2.75, 3.05) is 12.0 Å². The molecule has 0 amide bonds. The SMILES string of the molecule is CCOC1(c2noc(NN)n2)CCCC(C)C1. The van der Waals surface area contributed by atoms with Crippen LogP contribution in [0.3, 0.4) is 0 Å². The van der Waals surface area contributed by atoms with Crippen LogP contribution in [0.5, 0.6) is 0 Å². The summed E-state index contributed by atoms with van der Waals surface area (Å²) in [6, 6.07) is 0.234. The molecule has 2 atom stereocenters. The largest absolute Gasteiger partial charge is 0.367 e. The zero-order valence-corrected chi connectivity index (χ0v) is 10.4. The maximum atomic E-state index is 5.93. The molecule has 2 unspecified atom stereocenters. The van der Waals surface area contributed by atoms with E-state index in [1.165, 1.54) is 6.42 Å². The van der Waals surface area contributed by atoms with Gasteiger partial charge in [-0.1, -0.05) is 18.5 Å². The number of anilines is 1. The Balaban J connectivity index is 2.26. The fourth-order valence-corrected chi connectivity index (χ4v) is 2.65. The minimum Gasteiger partial charge on any atom is -0.367 e. The van der Waals surface area contributed by atoms with Crippen LogP contribution in [0.1, 0.15) is 45.4 Å². The number of nitrogen functional groups attached to an aromatic ring is 1. The molecule has 1 aromatic rings. The van der Waals surface area contributed by atoms with Gasteiger partial charge in [0, 0.05) is 6.61 Å². The summed E-state index contributed by atoms with van der Waals surface area (Å²) < 4.78 is 10.9. The normalized spacial score (nSPS) is 29.2. The Labute approximate surface area is 101 Å². The molecule has 0 aromatic carbocycles. The van der Waals surface area contributed by atoms with Crippen LogP contribution < -0.4 is 11.3 Å². The molecule has 1 aromatic heterocycles. The van der Waals surface area contributed by atoms with E-state index in [-0.39, 0.29) is 6.01 Å². The van der Waals surface area contributed by atoms with Crippen molar-refractivity contribution in [3.05, 3.63) is 5.82 Å². The molecule has 17 heavy (non-hydrogen) atoms. The van der Waals surface area contributed by atoms with Gasteiger partial charge in [0.1, 0.15) is 5.60 Å². The first kappa shape index (κ1) is 12.3. The lowest BCUT2D eigenvalue weighted by Crippen LogP contribution is -2.36. The predicted molar refractivity (Wildman–Crippen MR) is 63.0 cm³/mol. The Kier molecular flexibility index (Phi) is 3.63. The van der Waals surface area contributed by atoms with Crippen LogP contribution >= 0.6 is 0 Å². The summed E-state index contributed by atoms with van der Waals surface area (Å²) in [5.74, 6) is 6.47. The van der Waals surface area contributed by atoms with Crippen molar-refractivity contribution < 1.29 is 9.26 Å². The Morgan fingerprint density at radius 1 is 1.65 bits per heavy atom. The molecule has 0 bridgehead atoms. The van der Waals surface area contributed by atoms with Crippen LogP contribution in [0.25, 0.3) is 0 Å². The van der Waals surface area contributed by atoms with Gasteiger partial charge >= 0.3 is 6.01 Å². The third-order valence-electron chi connectivity index (χ3n) is 3.33. The van der Waals surface area contributed by atoms with Crippen molar-refractivity contribution in [1.29, 1.82) is 0 Å². The van der Waals surface area contributed by atoms with Crippen molar-refractivity contribution >= 4 is 6.01 Å². The first-order chi connectivity index (χ1) is 8.20. The quantitative estimate of drug-likeness (QED) is 0.616. The van der Waals surface area contributed by atoms with Crippen molar-refractivity contribution in [2.24, 2.45) is 11.8 Å². The van der Waals surface area contributed by atoms with E-state index < -0.39 is 5.60 Å². The Hall–Kier alpha value is -1.14. The van der Waals surface area contributed by atoms with Crippen LogP contribution in [0.15, 0.2) is 4.52 Å². The number of nitrogens with one attached hydrogen (secondary N) is 1. The second-order valence-electron chi connectivity index (χ2n) is 4.70. The van der Waals surface area contributed by atoms with E-state index in [2.05, 4.69) is 22.5 Å². The molecule has 1 aliphatic carbocycles. The van der Waals surface area contributed by atoms with Gasteiger partial charge in [-0.3, -0.25) is 5.43 Å². The van der Waals surface area contributed by atoms with Crippen molar-refractivity contribution in [3.63, 3.8) is 0 Å². The Morgan fingerprint density at radius 3 is 3.06 bits per heavy atom. The Morgan fingerprint density at radius 2 is 2.47 bits per heavy atom. The molecular formula is C11H20N4O2. The number of nitrogens with zero attached hydrogens (tertiary/aromatic N) is 2. The highest BCUT2D eigenvalue weighted by Crippen LogP contribution is 2.41. The topological polar surface area (TPSA) is 86.2 Å². The third kappa shape index (κ3) is 2.42. The summed E-state index contributed by atoms with van der Waals surface area (Å²) in [7, 11) is 0. The van der Waals surface area contributed by atoms with E-state index >= 15 is 0 Å². The molecule has 96 valence electrons. The predicted octanol–water partition coefficient (Wildman–Crippen LogP) is 1.80. The number of ether oxygens (including phenoxy) is 1. The van der Waals surface area contributed by atoms with Crippen LogP contribution in [-0.4, -0.2) is 16.7 Å². The molecule has 1 aliphatic rings. The number of rotatable bonds is 4. The van der Waals surface area contributed by atoms with Gasteiger partial charge in [-0.15, -0.1) is 0 Å². The lowest BCUT2D eigenvalue weighted by molar-refractivity contribution is -0.0891. The number of aromatic nitrogens is 2. The first-order valence-electron chi connectivity index (χ1n) is 6.15. The minimum absolute atomic E-state index is 0.234. The van der Waals surface area contributed by atoms with Gasteiger partial charge in [0.25, 0.3) is 0 Å². The summed E-state index contributed by atoms with van der Waals surface area (Å²) >= 11 is 0. The van der Waals surface area contributed by atoms with E-state index in [1.807, 2.05) is 6.92 Å². The molecular weight excluding hydrogens is 220 g/mol. The molecule has 0 radical (unpaired) electrons. The molecule has 0 spiro atoms. The van der Waals surface area contributed by atoms with E-state index in [0.717, 1.165) is 19.3 Å². The maximum Gasteiger partial charge on any atom is 0.335 e. The minimum atomic E-state index is -0.398. The van der Waals surface area contributed by atoms with Gasteiger partial charge in [-0.25, -0.2) is 5.84 Å². The monoisotopic (exact) mass is 240 g/mol. The second-order valence-corrected chi connectivity index (χ2v) is 4.70. The summed E-state index contributed by atoms with van der Waals surface area (Å²) in [5, 5.41) is 3.98. The standard InChI is InChI=1S/C11H20N4O2/c1-3-16-11(6-4-5-8(2)7-11)9-13-10(14-12)17-15-9/h8H,3-7,12H2,1-2H3,(H,13,14,15). The summed E-state index contributed by atoms with van der Waals surface area (Å²) in [6.07, 6.45) is 4.23. The lowest BCUT2D eigenvalue weighted by Gasteiger charge is -2.37. The molecule has 3 N–H and O–H groups in total. The maximum absolute atomic E-state index is 5.93. The van der Waals surface area contributed by atoms with Crippen molar-refractivity contribution in [2.45, 2.75) is 45.1 Å². The number of hydrazine groups is 1. The van der Waals surface area contributed by atoms with E-state index in [1.54, 1.807) is 0 Å². The Bertz CT molecular complexity index is 364. The highest BCUT2D eigenvalue weighted by atomic mass is 16.5. The van der Waals surface area contributed by atoms with E-state index in [9.17, 15) is 0 Å². The molecule has 1 fully saturated rings. The van der Waals surface area contributed by atoms with E-state index in [4.69, 9.17) is 15.1 Å². The summed E-state index contributed by atoms with van der Waals surface area (Å²) in [4.78, 5) is 4.24. The lowest BCUT2D eigenvalue weighted by atomic mass is 9.78. The van der Waals surface area contributed by atoms with Gasteiger partial charge in [0.05, 0.1) is 0 Å². The van der Waals surface area contributed by atoms with E-state index in [0.29, 0.717) is 18.3 Å². The summed E-state index contributed by atoms with van der Waals surface area (Å²) in [6.45, 7) is 4.87. The van der Waals surface area contributed by atoms with Crippen LogP contribution in [0, 0.1) is 5.92 Å². The van der Waals surface area contributed by atoms with Gasteiger partial charge in [-0.2, -0.15) is 4.98 Å². The van der Waals surface area contributed by atoms with Gasteiger partial charge < -0.3 is 9.26 Å². The van der Waals surface area contributed by atoms with Gasteiger partial charge in [0.2, 0.25) is 5.82 Å². The average molecular weight is 240 g/mol. The zero-order valence-electron chi connectivity index (χ0n) is 10.4. The fourth-order valence-electron chi connectivity index (χ4n) is 2.65. The smallest absolute Gasteiger partial charge is 0.335 e. The zero-order chi connectivity index (χ0) is 12.3. The molecule has 1 saturated carbocycles. The number of hydrogen-bond acceptors (Lipinski definition) is 6. The number of nitrogens with two attached hydrogens (primary N) is 1. The molecule has 0 saturated heterocycles. The average Bonchev–Trinajstić information content (AvgIpc) is 2.78. The summed E-state index contributed by atoms with van der Waals surface area (Å²) in [5.41, 5.74) is 1.96. The van der Waals surface area contributed by atoms with Crippen LogP contribution in [-0.2, 0) is 10.3 Å². The molecule has 2 rings (SSSR count). The van der Waals surface area contributed by atoms with Gasteiger partial charge in [0.15, 0.2) is 0 Å². The molecule has 6 heteroatoms. The third-order valence-corrected chi connectivity index (χ3v) is 3.33.